The minimum absolute atomic E-state index is 0.0133. The van der Waals surface area contributed by atoms with Gasteiger partial charge in [0.1, 0.15) is 17.0 Å². The summed E-state index contributed by atoms with van der Waals surface area (Å²) in [7, 11) is 0. The molecule has 1 fully saturated rings. The highest BCUT2D eigenvalue weighted by molar-refractivity contribution is 8.01. The highest BCUT2D eigenvalue weighted by atomic mass is 32.2. The van der Waals surface area contributed by atoms with Crippen molar-refractivity contribution in [2.75, 3.05) is 25.4 Å². The van der Waals surface area contributed by atoms with Crippen molar-refractivity contribution in [1.82, 2.24) is 10.2 Å². The number of ether oxygens (including phenoxy) is 1. The summed E-state index contributed by atoms with van der Waals surface area (Å²) in [6, 6.07) is 17.2. The molecular formula is C33H38N6O4S. The largest absolute Gasteiger partial charge is 0.457 e. The van der Waals surface area contributed by atoms with E-state index in [1.165, 1.54) is 11.8 Å². The zero-order chi connectivity index (χ0) is 31.2. The van der Waals surface area contributed by atoms with Gasteiger partial charge in [-0.05, 0) is 72.4 Å². The van der Waals surface area contributed by atoms with Crippen LogP contribution in [0.3, 0.4) is 0 Å². The number of rotatable bonds is 7. The number of anilines is 1. The van der Waals surface area contributed by atoms with Crippen LogP contribution in [0, 0.1) is 6.92 Å². The van der Waals surface area contributed by atoms with E-state index in [2.05, 4.69) is 5.32 Å². The van der Waals surface area contributed by atoms with Crippen LogP contribution in [-0.2, 0) is 19.9 Å². The Bertz CT molecular complexity index is 1620. The van der Waals surface area contributed by atoms with Gasteiger partial charge in [0.15, 0.2) is 5.78 Å². The normalized spacial score (nSPS) is 25.8. The standard InChI is InChI=1S/C33H38N6O4S/c1-18-16-21(43-20-7-3-2-4-8-20)9-10-22(18)33(37)23-11-12-24(35)29-26(23)27(28(36)31(33)41)30(44-29)32(42)38-19-6-5-15-39(17-19)25(40)13-14-34/h2-4,7-12,16,19,27-28,30H,5-6,13-15,17,34-37H2,1H3,(H,38,42). The number of nitrogen functional groups attached to an aromatic ring is 1. The van der Waals surface area contributed by atoms with Crippen molar-refractivity contribution >= 4 is 35.0 Å². The molecule has 6 rings (SSSR count). The maximum atomic E-state index is 14.2. The van der Waals surface area contributed by atoms with Gasteiger partial charge >= 0.3 is 0 Å². The van der Waals surface area contributed by atoms with Crippen LogP contribution in [0.25, 0.3) is 0 Å². The Hall–Kier alpha value is -3.90. The molecule has 230 valence electrons. The number of hydrogen-bond acceptors (Lipinski definition) is 9. The number of hydrogen-bond donors (Lipinski definition) is 5. The van der Waals surface area contributed by atoms with Crippen molar-refractivity contribution in [3.8, 4) is 11.5 Å². The lowest BCUT2D eigenvalue weighted by molar-refractivity contribution is -0.133. The fraction of sp³-hybridized carbons (Fsp3) is 0.364. The molecule has 0 spiro atoms. The predicted octanol–water partition coefficient (Wildman–Crippen LogP) is 2.50. The fourth-order valence-electron chi connectivity index (χ4n) is 6.85. The third-order valence-corrected chi connectivity index (χ3v) is 10.4. The van der Waals surface area contributed by atoms with Crippen molar-refractivity contribution in [3.63, 3.8) is 0 Å². The number of Topliss-reactive ketones (excluding diaryl/α,β-unsaturated/α-hetero) is 1. The van der Waals surface area contributed by atoms with Crippen LogP contribution in [0.15, 0.2) is 65.6 Å². The van der Waals surface area contributed by atoms with Crippen LogP contribution >= 0.6 is 11.8 Å². The van der Waals surface area contributed by atoms with Gasteiger partial charge in [0.25, 0.3) is 0 Å². The maximum Gasteiger partial charge on any atom is 0.234 e. The van der Waals surface area contributed by atoms with Crippen LogP contribution in [-0.4, -0.2) is 59.5 Å². The summed E-state index contributed by atoms with van der Waals surface area (Å²) >= 11 is 1.33. The molecule has 2 amide bonds. The monoisotopic (exact) mass is 614 g/mol. The molecule has 5 unspecified atom stereocenters. The molecular weight excluding hydrogens is 576 g/mol. The lowest BCUT2D eigenvalue weighted by atomic mass is 9.64. The number of nitrogens with zero attached hydrogens (tertiary/aromatic N) is 1. The molecule has 5 atom stereocenters. The van der Waals surface area contributed by atoms with Gasteiger partial charge in [-0.2, -0.15) is 0 Å². The number of benzene rings is 3. The highest BCUT2D eigenvalue weighted by Gasteiger charge is 2.57. The Morgan fingerprint density at radius 1 is 1.09 bits per heavy atom. The molecule has 0 radical (unpaired) electrons. The number of carbonyl (C=O) groups is 3. The number of para-hydroxylation sites is 1. The lowest BCUT2D eigenvalue weighted by Crippen LogP contribution is -2.61. The molecule has 2 aliphatic heterocycles. The summed E-state index contributed by atoms with van der Waals surface area (Å²) in [4.78, 5) is 43.0. The van der Waals surface area contributed by atoms with E-state index < -0.39 is 22.7 Å². The Labute approximate surface area is 260 Å². The summed E-state index contributed by atoms with van der Waals surface area (Å²) in [6.45, 7) is 3.25. The first-order valence-corrected chi connectivity index (χ1v) is 15.8. The molecule has 10 nitrogen and oxygen atoms in total. The first kappa shape index (κ1) is 30.1. The van der Waals surface area contributed by atoms with Gasteiger partial charge in [-0.3, -0.25) is 14.4 Å². The Morgan fingerprint density at radius 2 is 1.84 bits per heavy atom. The third kappa shape index (κ3) is 5.13. The minimum atomic E-state index is -1.54. The quantitative estimate of drug-likeness (QED) is 0.250. The van der Waals surface area contributed by atoms with Gasteiger partial charge < -0.3 is 37.9 Å². The fourth-order valence-corrected chi connectivity index (χ4v) is 8.31. The number of thioether (sulfide) groups is 1. The summed E-state index contributed by atoms with van der Waals surface area (Å²) < 4.78 is 6.01. The van der Waals surface area contributed by atoms with Gasteiger partial charge in [-0.25, -0.2) is 0 Å². The lowest BCUT2D eigenvalue weighted by Gasteiger charge is -2.42. The summed E-state index contributed by atoms with van der Waals surface area (Å²) in [5, 5.41) is 2.46. The van der Waals surface area contributed by atoms with Gasteiger partial charge in [-0.1, -0.05) is 30.3 Å². The van der Waals surface area contributed by atoms with E-state index in [1.54, 1.807) is 23.1 Å². The van der Waals surface area contributed by atoms with E-state index in [0.717, 1.165) is 28.9 Å². The first-order chi connectivity index (χ1) is 21.1. The van der Waals surface area contributed by atoms with E-state index in [0.29, 0.717) is 41.4 Å². The third-order valence-electron chi connectivity index (χ3n) is 8.97. The smallest absolute Gasteiger partial charge is 0.234 e. The van der Waals surface area contributed by atoms with Crippen LogP contribution in [0.1, 0.15) is 47.4 Å². The molecule has 0 saturated carbocycles. The molecule has 3 aromatic carbocycles. The Kier molecular flexibility index (Phi) is 8.14. The molecule has 0 aromatic heterocycles. The summed E-state index contributed by atoms with van der Waals surface area (Å²) in [5.74, 6) is 0.111. The number of nitrogens with two attached hydrogens (primary N) is 4. The number of likely N-dealkylation sites (tertiary alicyclic amines) is 1. The van der Waals surface area contributed by atoms with E-state index in [1.807, 2.05) is 49.4 Å². The Balaban J connectivity index is 1.30. The van der Waals surface area contributed by atoms with E-state index in [-0.39, 0.29) is 36.6 Å². The van der Waals surface area contributed by atoms with Crippen molar-refractivity contribution in [2.45, 2.75) is 59.9 Å². The molecule has 3 aromatic rings. The number of aryl methyl sites for hydroxylation is 1. The van der Waals surface area contributed by atoms with Gasteiger partial charge in [0.05, 0.1) is 11.3 Å². The number of piperidine rings is 1. The summed E-state index contributed by atoms with van der Waals surface area (Å²) in [5.41, 5.74) is 27.6. The topological polar surface area (TPSA) is 180 Å². The van der Waals surface area contributed by atoms with Crippen LogP contribution in [0.4, 0.5) is 5.69 Å². The molecule has 1 saturated heterocycles. The Morgan fingerprint density at radius 3 is 2.57 bits per heavy atom. The van der Waals surface area contributed by atoms with Crippen molar-refractivity contribution in [3.05, 3.63) is 82.9 Å². The van der Waals surface area contributed by atoms with Gasteiger partial charge in [0.2, 0.25) is 11.8 Å². The summed E-state index contributed by atoms with van der Waals surface area (Å²) in [6.07, 6.45) is 1.81. The number of nitrogens with one attached hydrogen (secondary N) is 1. The maximum absolute atomic E-state index is 14.2. The second-order valence-corrected chi connectivity index (χ2v) is 13.0. The zero-order valence-electron chi connectivity index (χ0n) is 24.6. The predicted molar refractivity (Wildman–Crippen MR) is 170 cm³/mol. The molecule has 1 aliphatic carbocycles. The van der Waals surface area contributed by atoms with Crippen LogP contribution < -0.4 is 33.0 Å². The van der Waals surface area contributed by atoms with E-state index >= 15 is 0 Å². The molecule has 44 heavy (non-hydrogen) atoms. The minimum Gasteiger partial charge on any atom is -0.457 e. The average molecular weight is 615 g/mol. The number of ketones is 1. The molecule has 2 heterocycles. The van der Waals surface area contributed by atoms with Crippen molar-refractivity contribution in [2.24, 2.45) is 17.2 Å². The van der Waals surface area contributed by atoms with Gasteiger partial charge in [-0.15, -0.1) is 11.8 Å². The highest BCUT2D eigenvalue weighted by Crippen LogP contribution is 2.56. The van der Waals surface area contributed by atoms with Crippen molar-refractivity contribution in [1.29, 1.82) is 0 Å². The molecule has 9 N–H and O–H groups in total. The van der Waals surface area contributed by atoms with Crippen molar-refractivity contribution < 1.29 is 19.1 Å². The molecule has 0 bridgehead atoms. The van der Waals surface area contributed by atoms with Crippen LogP contribution in [0.5, 0.6) is 11.5 Å². The number of amides is 2. The molecule has 3 aliphatic rings. The second kappa shape index (κ2) is 11.9. The van der Waals surface area contributed by atoms with Gasteiger partial charge in [0, 0.05) is 48.6 Å². The zero-order valence-corrected chi connectivity index (χ0v) is 25.4. The first-order valence-electron chi connectivity index (χ1n) is 14.9. The number of carbonyl (C=O) groups excluding carboxylic acids is 3. The van der Waals surface area contributed by atoms with E-state index in [4.69, 9.17) is 27.7 Å². The molecule has 11 heteroatoms. The SMILES string of the molecule is Cc1cc(Oc2ccccc2)ccc1C1(N)C(=O)C(N)C2c3c1ccc(N)c3SC2C(=O)NC1CCCN(C(=O)CCN)C1. The van der Waals surface area contributed by atoms with Crippen LogP contribution in [0.2, 0.25) is 0 Å². The second-order valence-electron chi connectivity index (χ2n) is 11.8. The average Bonchev–Trinajstić information content (AvgIpc) is 3.42. The van der Waals surface area contributed by atoms with E-state index in [9.17, 15) is 14.4 Å².